The van der Waals surface area contributed by atoms with Gasteiger partial charge in [-0.25, -0.2) is 4.79 Å². The Labute approximate surface area is 109 Å². The molecule has 2 aromatic heterocycles. The van der Waals surface area contributed by atoms with Gasteiger partial charge in [0.1, 0.15) is 11.8 Å². The number of aromatic nitrogens is 6. The lowest BCUT2D eigenvalue weighted by atomic mass is 9.90. The molecular weight excluding hydrogens is 246 g/mol. The van der Waals surface area contributed by atoms with Crippen molar-refractivity contribution in [2.75, 3.05) is 0 Å². The van der Waals surface area contributed by atoms with Crippen LogP contribution in [0.3, 0.4) is 0 Å². The Bertz CT molecular complexity index is 627. The van der Waals surface area contributed by atoms with Crippen molar-refractivity contribution >= 4 is 6.03 Å². The second-order valence-electron chi connectivity index (χ2n) is 5.28. The molecule has 0 N–H and O–H groups in total. The summed E-state index contributed by atoms with van der Waals surface area (Å²) in [4.78, 5) is 12.0. The van der Waals surface area contributed by atoms with Gasteiger partial charge in [-0.05, 0) is 11.8 Å². The van der Waals surface area contributed by atoms with E-state index in [0.717, 1.165) is 9.36 Å². The predicted molar refractivity (Wildman–Crippen MR) is 64.1 cm³/mol. The van der Waals surface area contributed by atoms with Crippen molar-refractivity contribution in [3.8, 4) is 6.07 Å². The van der Waals surface area contributed by atoms with Crippen molar-refractivity contribution in [1.82, 2.24) is 30.0 Å². The summed E-state index contributed by atoms with van der Waals surface area (Å²) in [6.45, 7) is 6.06. The van der Waals surface area contributed by atoms with E-state index in [4.69, 9.17) is 0 Å². The average molecular weight is 259 g/mol. The van der Waals surface area contributed by atoms with Crippen LogP contribution in [-0.4, -0.2) is 36.0 Å². The quantitative estimate of drug-likeness (QED) is 0.752. The molecule has 19 heavy (non-hydrogen) atoms. The molecule has 0 bridgehead atoms. The van der Waals surface area contributed by atoms with Crippen LogP contribution in [0, 0.1) is 16.7 Å². The van der Waals surface area contributed by atoms with Gasteiger partial charge in [0, 0.05) is 0 Å². The Morgan fingerprint density at radius 2 is 2.16 bits per heavy atom. The minimum Gasteiger partial charge on any atom is -0.243 e. The van der Waals surface area contributed by atoms with Gasteiger partial charge in [-0.15, -0.1) is 14.9 Å². The highest BCUT2D eigenvalue weighted by Crippen LogP contribution is 2.21. The minimum absolute atomic E-state index is 0.0528. The summed E-state index contributed by atoms with van der Waals surface area (Å²) in [7, 11) is 0. The van der Waals surface area contributed by atoms with Crippen LogP contribution in [0.25, 0.3) is 0 Å². The topological polar surface area (TPSA) is 102 Å². The Morgan fingerprint density at radius 1 is 1.42 bits per heavy atom. The zero-order valence-electron chi connectivity index (χ0n) is 10.9. The van der Waals surface area contributed by atoms with Crippen molar-refractivity contribution in [1.29, 1.82) is 5.26 Å². The standard InChI is InChI=1S/C11H13N7O/c1-11(2,3)6-8-9(7-12)18(16-14-8)10(19)17-5-4-13-15-17/h4-5H,6H2,1-3H3. The average Bonchev–Trinajstić information content (AvgIpc) is 2.94. The first-order chi connectivity index (χ1) is 8.92. The van der Waals surface area contributed by atoms with Gasteiger partial charge in [0.25, 0.3) is 0 Å². The molecule has 98 valence electrons. The van der Waals surface area contributed by atoms with Crippen molar-refractivity contribution in [3.63, 3.8) is 0 Å². The molecular formula is C11H13N7O. The van der Waals surface area contributed by atoms with Crippen LogP contribution in [0.15, 0.2) is 12.4 Å². The zero-order chi connectivity index (χ0) is 14.0. The molecule has 0 atom stereocenters. The van der Waals surface area contributed by atoms with Gasteiger partial charge in [0.15, 0.2) is 5.69 Å². The van der Waals surface area contributed by atoms with E-state index in [-0.39, 0.29) is 11.1 Å². The third-order valence-electron chi connectivity index (χ3n) is 2.34. The molecule has 0 amide bonds. The Morgan fingerprint density at radius 3 is 2.68 bits per heavy atom. The molecule has 0 aromatic carbocycles. The van der Waals surface area contributed by atoms with Gasteiger partial charge in [-0.3, -0.25) is 0 Å². The van der Waals surface area contributed by atoms with Gasteiger partial charge in [-0.1, -0.05) is 31.2 Å². The van der Waals surface area contributed by atoms with E-state index in [0.29, 0.717) is 12.1 Å². The number of carbonyl (C=O) groups excluding carboxylic acids is 1. The second kappa shape index (κ2) is 4.61. The first-order valence-corrected chi connectivity index (χ1v) is 5.68. The highest BCUT2D eigenvalue weighted by atomic mass is 16.2. The number of nitriles is 1. The van der Waals surface area contributed by atoms with Gasteiger partial charge in [-0.2, -0.15) is 9.94 Å². The minimum atomic E-state index is -0.582. The van der Waals surface area contributed by atoms with Crippen LogP contribution < -0.4 is 0 Å². The maximum Gasteiger partial charge on any atom is 0.373 e. The Hall–Kier alpha value is -2.56. The second-order valence-corrected chi connectivity index (χ2v) is 5.28. The fourth-order valence-corrected chi connectivity index (χ4v) is 1.59. The summed E-state index contributed by atoms with van der Waals surface area (Å²) < 4.78 is 1.94. The van der Waals surface area contributed by atoms with E-state index < -0.39 is 6.03 Å². The number of hydrogen-bond donors (Lipinski definition) is 0. The lowest BCUT2D eigenvalue weighted by Crippen LogP contribution is -2.23. The third-order valence-corrected chi connectivity index (χ3v) is 2.34. The molecule has 2 aromatic rings. The van der Waals surface area contributed by atoms with Gasteiger partial charge in [0.2, 0.25) is 0 Å². The molecule has 2 heterocycles. The van der Waals surface area contributed by atoms with E-state index in [2.05, 4.69) is 20.6 Å². The number of carbonyl (C=O) groups is 1. The largest absolute Gasteiger partial charge is 0.373 e. The maximum atomic E-state index is 12.0. The van der Waals surface area contributed by atoms with Crippen LogP contribution in [0.2, 0.25) is 0 Å². The lowest BCUT2D eigenvalue weighted by Gasteiger charge is -2.15. The molecule has 8 nitrogen and oxygen atoms in total. The molecule has 0 aliphatic heterocycles. The van der Waals surface area contributed by atoms with Crippen molar-refractivity contribution in [2.45, 2.75) is 27.2 Å². The number of rotatable bonds is 1. The SMILES string of the molecule is CC(C)(C)Cc1nnn(C(=O)n2ccnn2)c1C#N. The summed E-state index contributed by atoms with van der Waals surface area (Å²) in [5.74, 6) is 0. The van der Waals surface area contributed by atoms with Crippen LogP contribution in [0.4, 0.5) is 4.79 Å². The molecule has 0 saturated carbocycles. The van der Waals surface area contributed by atoms with Gasteiger partial charge < -0.3 is 0 Å². The van der Waals surface area contributed by atoms with Crippen molar-refractivity contribution < 1.29 is 4.79 Å². The zero-order valence-corrected chi connectivity index (χ0v) is 10.9. The molecule has 0 fully saturated rings. The van der Waals surface area contributed by atoms with Crippen molar-refractivity contribution in [2.24, 2.45) is 5.41 Å². The fraction of sp³-hybridized carbons (Fsp3) is 0.455. The summed E-state index contributed by atoms with van der Waals surface area (Å²) in [6, 6.07) is 1.38. The van der Waals surface area contributed by atoms with Gasteiger partial charge >= 0.3 is 6.03 Å². The third kappa shape index (κ3) is 2.65. The van der Waals surface area contributed by atoms with E-state index in [1.165, 1.54) is 12.4 Å². The van der Waals surface area contributed by atoms with E-state index >= 15 is 0 Å². The Kier molecular flexibility index (Phi) is 3.12. The summed E-state index contributed by atoms with van der Waals surface area (Å²) in [6.07, 6.45) is 3.31. The molecule has 8 heteroatoms. The van der Waals surface area contributed by atoms with E-state index in [1.807, 2.05) is 26.8 Å². The molecule has 0 radical (unpaired) electrons. The summed E-state index contributed by atoms with van der Waals surface area (Å²) >= 11 is 0. The summed E-state index contributed by atoms with van der Waals surface area (Å²) in [5.41, 5.74) is 0.585. The van der Waals surface area contributed by atoms with Crippen LogP contribution in [0.5, 0.6) is 0 Å². The molecule has 0 unspecified atom stereocenters. The predicted octanol–water partition coefficient (Wildman–Crippen LogP) is 0.846. The first-order valence-electron chi connectivity index (χ1n) is 5.68. The monoisotopic (exact) mass is 259 g/mol. The van der Waals surface area contributed by atoms with Crippen LogP contribution in [-0.2, 0) is 6.42 Å². The van der Waals surface area contributed by atoms with Crippen molar-refractivity contribution in [3.05, 3.63) is 23.8 Å². The highest BCUT2D eigenvalue weighted by molar-refractivity contribution is 5.78. The molecule has 0 aliphatic rings. The normalized spacial score (nSPS) is 11.3. The van der Waals surface area contributed by atoms with Crippen LogP contribution in [0.1, 0.15) is 32.2 Å². The first kappa shape index (κ1) is 12.9. The van der Waals surface area contributed by atoms with E-state index in [9.17, 15) is 10.1 Å². The fourth-order valence-electron chi connectivity index (χ4n) is 1.59. The smallest absolute Gasteiger partial charge is 0.243 e. The molecule has 0 saturated heterocycles. The number of hydrogen-bond acceptors (Lipinski definition) is 6. The molecule has 0 spiro atoms. The van der Waals surface area contributed by atoms with Crippen LogP contribution >= 0.6 is 0 Å². The lowest BCUT2D eigenvalue weighted by molar-refractivity contribution is 0.237. The van der Waals surface area contributed by atoms with E-state index in [1.54, 1.807) is 0 Å². The summed E-state index contributed by atoms with van der Waals surface area (Å²) in [5, 5.41) is 23.9. The maximum absolute atomic E-state index is 12.0. The number of nitrogens with zero attached hydrogens (tertiary/aromatic N) is 7. The van der Waals surface area contributed by atoms with Gasteiger partial charge in [0.05, 0.1) is 12.4 Å². The molecule has 0 aliphatic carbocycles. The molecule has 2 rings (SSSR count). The Balaban J connectivity index is 2.39. The highest BCUT2D eigenvalue weighted by Gasteiger charge is 2.23.